The second-order valence-corrected chi connectivity index (χ2v) is 6.26. The number of carbonyl (C=O) groups excluding carboxylic acids is 1. The Kier molecular flexibility index (Phi) is 5.79. The summed E-state index contributed by atoms with van der Waals surface area (Å²) in [4.78, 5) is 18.1. The van der Waals surface area contributed by atoms with Gasteiger partial charge in [0.15, 0.2) is 0 Å². The summed E-state index contributed by atoms with van der Waals surface area (Å²) in [6.07, 6.45) is -0.495. The summed E-state index contributed by atoms with van der Waals surface area (Å²) in [6.45, 7) is 13.5. The maximum absolute atomic E-state index is 11.8. The molecule has 0 spiro atoms. The van der Waals surface area contributed by atoms with Gasteiger partial charge in [-0.1, -0.05) is 34.6 Å². The third-order valence-electron chi connectivity index (χ3n) is 2.72. The van der Waals surface area contributed by atoms with Gasteiger partial charge in [-0.2, -0.15) is 4.99 Å². The lowest BCUT2D eigenvalue weighted by molar-refractivity contribution is 0.0641. The van der Waals surface area contributed by atoms with Gasteiger partial charge in [-0.05, 0) is 5.92 Å². The Bertz CT molecular complexity index is 326. The molecule has 0 aromatic heterocycles. The highest BCUT2D eigenvalue weighted by atomic mass is 16.5. The Hall–Kier alpha value is -1.10. The fraction of sp³-hybridized carbons (Fsp3) is 0.857. The second kappa shape index (κ2) is 6.89. The molecule has 0 radical (unpaired) electrons. The average molecular weight is 270 g/mol. The number of ether oxygens (including phenoxy) is 2. The zero-order valence-electron chi connectivity index (χ0n) is 12.7. The van der Waals surface area contributed by atoms with Crippen molar-refractivity contribution >= 4 is 11.9 Å². The number of hydrogen-bond acceptors (Lipinski definition) is 3. The normalized spacial score (nSPS) is 17.8. The predicted molar refractivity (Wildman–Crippen MR) is 75.5 cm³/mol. The number of amides is 1. The minimum atomic E-state index is -0.495. The van der Waals surface area contributed by atoms with Crippen LogP contribution in [0.1, 0.15) is 34.6 Å². The fourth-order valence-corrected chi connectivity index (χ4v) is 1.84. The lowest BCUT2D eigenvalue weighted by atomic mass is 9.93. The fourth-order valence-electron chi connectivity index (χ4n) is 1.84. The van der Waals surface area contributed by atoms with Crippen LogP contribution in [0.15, 0.2) is 4.99 Å². The van der Waals surface area contributed by atoms with Crippen LogP contribution in [0.5, 0.6) is 0 Å². The molecule has 1 aliphatic rings. The number of nitrogens with zero attached hydrogens (tertiary/aromatic N) is 2. The van der Waals surface area contributed by atoms with Crippen molar-refractivity contribution in [3.63, 3.8) is 0 Å². The molecule has 0 unspecified atom stereocenters. The van der Waals surface area contributed by atoms with Gasteiger partial charge in [-0.3, -0.25) is 0 Å². The van der Waals surface area contributed by atoms with E-state index in [1.54, 1.807) is 0 Å². The van der Waals surface area contributed by atoms with E-state index in [2.05, 4.69) is 30.7 Å². The molecule has 0 aromatic rings. The first kappa shape index (κ1) is 16.0. The van der Waals surface area contributed by atoms with Gasteiger partial charge in [0.25, 0.3) is 0 Å². The molecule has 5 nitrogen and oxygen atoms in total. The first-order chi connectivity index (χ1) is 8.80. The van der Waals surface area contributed by atoms with Crippen LogP contribution in [0.2, 0.25) is 0 Å². The molecule has 0 bridgehead atoms. The number of amidine groups is 1. The third kappa shape index (κ3) is 5.59. The molecule has 1 amide bonds. The van der Waals surface area contributed by atoms with Gasteiger partial charge in [-0.15, -0.1) is 0 Å². The Morgan fingerprint density at radius 3 is 2.37 bits per heavy atom. The maximum Gasteiger partial charge on any atom is 0.435 e. The monoisotopic (exact) mass is 270 g/mol. The Balaban J connectivity index is 2.75. The molecule has 110 valence electrons. The number of morpholine rings is 1. The number of carbonyl (C=O) groups is 1. The molecule has 0 saturated carbocycles. The van der Waals surface area contributed by atoms with Crippen LogP contribution in [-0.4, -0.2) is 49.7 Å². The maximum atomic E-state index is 11.8. The number of aliphatic imine (C=N–C) groups is 1. The largest absolute Gasteiger partial charge is 0.448 e. The molecular weight excluding hydrogens is 244 g/mol. The van der Waals surface area contributed by atoms with E-state index in [4.69, 9.17) is 9.47 Å². The first-order valence-electron chi connectivity index (χ1n) is 6.89. The van der Waals surface area contributed by atoms with Crippen molar-refractivity contribution in [3.8, 4) is 0 Å². The van der Waals surface area contributed by atoms with E-state index < -0.39 is 6.09 Å². The van der Waals surface area contributed by atoms with Crippen molar-refractivity contribution in [2.24, 2.45) is 16.3 Å². The molecule has 1 saturated heterocycles. The lowest BCUT2D eigenvalue weighted by Crippen LogP contribution is -2.46. The summed E-state index contributed by atoms with van der Waals surface area (Å²) in [6, 6.07) is 0. The summed E-state index contributed by atoms with van der Waals surface area (Å²) in [7, 11) is 0. The van der Waals surface area contributed by atoms with E-state index in [1.807, 2.05) is 13.8 Å². The van der Waals surface area contributed by atoms with Gasteiger partial charge in [0, 0.05) is 18.5 Å². The zero-order chi connectivity index (χ0) is 14.5. The molecule has 5 heteroatoms. The molecule has 1 aliphatic heterocycles. The summed E-state index contributed by atoms with van der Waals surface area (Å²) >= 11 is 0. The van der Waals surface area contributed by atoms with Crippen LogP contribution in [0.3, 0.4) is 0 Å². The molecule has 0 N–H and O–H groups in total. The van der Waals surface area contributed by atoms with Crippen LogP contribution >= 0.6 is 0 Å². The number of hydrogen-bond donors (Lipinski definition) is 0. The molecule has 1 fully saturated rings. The summed E-state index contributed by atoms with van der Waals surface area (Å²) < 4.78 is 10.5. The molecule has 0 aromatic carbocycles. The van der Waals surface area contributed by atoms with Gasteiger partial charge >= 0.3 is 6.09 Å². The van der Waals surface area contributed by atoms with Crippen molar-refractivity contribution < 1.29 is 14.3 Å². The van der Waals surface area contributed by atoms with Crippen LogP contribution in [0, 0.1) is 11.3 Å². The highest BCUT2D eigenvalue weighted by Crippen LogP contribution is 2.20. The summed E-state index contributed by atoms with van der Waals surface area (Å²) in [5.74, 6) is 1.10. The first-order valence-corrected chi connectivity index (χ1v) is 6.89. The lowest BCUT2D eigenvalue weighted by Gasteiger charge is -2.35. The molecule has 1 rings (SSSR count). The van der Waals surface area contributed by atoms with Crippen LogP contribution < -0.4 is 0 Å². The van der Waals surface area contributed by atoms with E-state index in [0.717, 1.165) is 18.9 Å². The SMILES string of the molecule is CC(C)COC(=O)N=C(N1CCOCC1)C(C)(C)C. The van der Waals surface area contributed by atoms with E-state index in [9.17, 15) is 4.79 Å². The van der Waals surface area contributed by atoms with Gasteiger partial charge < -0.3 is 14.4 Å². The van der Waals surface area contributed by atoms with E-state index in [0.29, 0.717) is 25.7 Å². The standard InChI is InChI=1S/C14H26N2O3/c1-11(2)10-19-13(17)15-12(14(3,4)5)16-6-8-18-9-7-16/h11H,6-10H2,1-5H3. The predicted octanol–water partition coefficient (Wildman–Crippen LogP) is 2.56. The van der Waals surface area contributed by atoms with Crippen LogP contribution in [-0.2, 0) is 9.47 Å². The summed E-state index contributed by atoms with van der Waals surface area (Å²) in [5.41, 5.74) is -0.186. The van der Waals surface area contributed by atoms with Crippen molar-refractivity contribution in [3.05, 3.63) is 0 Å². The van der Waals surface area contributed by atoms with Gasteiger partial charge in [-0.25, -0.2) is 4.79 Å². The van der Waals surface area contributed by atoms with Gasteiger partial charge in [0.2, 0.25) is 0 Å². The van der Waals surface area contributed by atoms with Crippen LogP contribution in [0.25, 0.3) is 0 Å². The quantitative estimate of drug-likeness (QED) is 0.571. The minimum Gasteiger partial charge on any atom is -0.448 e. The van der Waals surface area contributed by atoms with Gasteiger partial charge in [0.05, 0.1) is 19.8 Å². The molecule has 0 atom stereocenters. The average Bonchev–Trinajstić information content (AvgIpc) is 2.33. The topological polar surface area (TPSA) is 51.1 Å². The Labute approximate surface area is 116 Å². The van der Waals surface area contributed by atoms with Crippen molar-refractivity contribution in [2.75, 3.05) is 32.9 Å². The highest BCUT2D eigenvalue weighted by molar-refractivity contribution is 5.95. The molecule has 19 heavy (non-hydrogen) atoms. The smallest absolute Gasteiger partial charge is 0.435 e. The van der Waals surface area contributed by atoms with Crippen LogP contribution in [0.4, 0.5) is 4.79 Å². The van der Waals surface area contributed by atoms with Gasteiger partial charge in [0.1, 0.15) is 5.84 Å². The zero-order valence-corrected chi connectivity index (χ0v) is 12.7. The second-order valence-electron chi connectivity index (χ2n) is 6.26. The van der Waals surface area contributed by atoms with E-state index in [1.165, 1.54) is 0 Å². The molecule has 1 heterocycles. The van der Waals surface area contributed by atoms with Crippen molar-refractivity contribution in [1.82, 2.24) is 4.90 Å². The summed E-state index contributed by atoms with van der Waals surface area (Å²) in [5, 5.41) is 0. The molecular formula is C14H26N2O3. The molecule has 0 aliphatic carbocycles. The highest BCUT2D eigenvalue weighted by Gasteiger charge is 2.27. The van der Waals surface area contributed by atoms with E-state index >= 15 is 0 Å². The third-order valence-corrected chi connectivity index (χ3v) is 2.72. The minimum absolute atomic E-state index is 0.186. The number of rotatable bonds is 2. The van der Waals surface area contributed by atoms with Crippen molar-refractivity contribution in [1.29, 1.82) is 0 Å². The Morgan fingerprint density at radius 1 is 1.32 bits per heavy atom. The van der Waals surface area contributed by atoms with E-state index in [-0.39, 0.29) is 5.41 Å². The Morgan fingerprint density at radius 2 is 1.89 bits per heavy atom. The van der Waals surface area contributed by atoms with Crippen molar-refractivity contribution in [2.45, 2.75) is 34.6 Å².